The van der Waals surface area contributed by atoms with Crippen LogP contribution in [0.3, 0.4) is 0 Å². The molecular formula is C12H12Ti. The third kappa shape index (κ3) is 7.64. The summed E-state index contributed by atoms with van der Waals surface area (Å²) in [4.78, 5) is 0. The summed E-state index contributed by atoms with van der Waals surface area (Å²) in [5.74, 6) is 0. The van der Waals surface area contributed by atoms with Crippen LogP contribution in [-0.4, -0.2) is 0 Å². The standard InChI is InChI=1S/C7H7.C5H5.Ti/c1-2-4-6-7-5-3-1;1-2-4-5-3-1;/h1-5H,6H2;1-5H;/q2*-1;+2. The second-order valence-corrected chi connectivity index (χ2v) is 2.35. The van der Waals surface area contributed by atoms with Crippen LogP contribution in [0.5, 0.6) is 0 Å². The molecule has 1 aliphatic carbocycles. The van der Waals surface area contributed by atoms with Gasteiger partial charge in [-0.2, -0.15) is 18.2 Å². The van der Waals surface area contributed by atoms with Crippen molar-refractivity contribution in [2.24, 2.45) is 0 Å². The molecular weight excluding hydrogens is 192 g/mol. The van der Waals surface area contributed by atoms with Crippen molar-refractivity contribution < 1.29 is 21.7 Å². The maximum Gasteiger partial charge on any atom is 2.00 e. The van der Waals surface area contributed by atoms with Crippen molar-refractivity contribution in [2.45, 2.75) is 6.42 Å². The van der Waals surface area contributed by atoms with Gasteiger partial charge in [-0.05, 0) is 0 Å². The molecule has 0 radical (unpaired) electrons. The van der Waals surface area contributed by atoms with Crippen LogP contribution in [0.25, 0.3) is 0 Å². The summed E-state index contributed by atoms with van der Waals surface area (Å²) in [7, 11) is 0. The Morgan fingerprint density at radius 2 is 1.77 bits per heavy atom. The molecule has 1 aromatic rings. The summed E-state index contributed by atoms with van der Waals surface area (Å²) < 4.78 is 0. The van der Waals surface area contributed by atoms with Crippen LogP contribution < -0.4 is 0 Å². The molecule has 0 spiro atoms. The van der Waals surface area contributed by atoms with Crippen LogP contribution in [0, 0.1) is 6.08 Å². The van der Waals surface area contributed by atoms with Gasteiger partial charge in [-0.15, -0.1) is 6.08 Å². The van der Waals surface area contributed by atoms with Crippen molar-refractivity contribution in [3.8, 4) is 0 Å². The first-order chi connectivity index (χ1) is 6.00. The monoisotopic (exact) mass is 204 g/mol. The van der Waals surface area contributed by atoms with E-state index < -0.39 is 0 Å². The molecule has 0 amide bonds. The number of hydrogen-bond donors (Lipinski definition) is 0. The van der Waals surface area contributed by atoms with Crippen LogP contribution in [-0.2, 0) is 21.7 Å². The Kier molecular flexibility index (Phi) is 8.86. The van der Waals surface area contributed by atoms with Gasteiger partial charge in [0, 0.05) is 0 Å². The fourth-order valence-corrected chi connectivity index (χ4v) is 0.791. The summed E-state index contributed by atoms with van der Waals surface area (Å²) in [6.07, 6.45) is 14.0. The molecule has 0 saturated carbocycles. The van der Waals surface area contributed by atoms with Crippen molar-refractivity contribution in [2.75, 3.05) is 0 Å². The topological polar surface area (TPSA) is 0 Å². The number of allylic oxidation sites excluding steroid dienone is 6. The molecule has 0 N–H and O–H groups in total. The minimum atomic E-state index is 0. The van der Waals surface area contributed by atoms with Crippen molar-refractivity contribution >= 4 is 0 Å². The zero-order valence-electron chi connectivity index (χ0n) is 7.48. The van der Waals surface area contributed by atoms with Crippen molar-refractivity contribution in [3.05, 3.63) is 66.8 Å². The summed E-state index contributed by atoms with van der Waals surface area (Å²) in [5.41, 5.74) is 0. The Morgan fingerprint density at radius 3 is 2.38 bits per heavy atom. The van der Waals surface area contributed by atoms with Crippen LogP contribution >= 0.6 is 0 Å². The van der Waals surface area contributed by atoms with Gasteiger partial charge in [0.15, 0.2) is 0 Å². The van der Waals surface area contributed by atoms with E-state index in [0.717, 1.165) is 6.42 Å². The molecule has 0 fully saturated rings. The Bertz CT molecular complexity index is 221. The van der Waals surface area contributed by atoms with E-state index in [2.05, 4.69) is 12.2 Å². The minimum absolute atomic E-state index is 0. The van der Waals surface area contributed by atoms with E-state index in [9.17, 15) is 0 Å². The van der Waals surface area contributed by atoms with Gasteiger partial charge < -0.3 is 0 Å². The molecule has 0 saturated heterocycles. The van der Waals surface area contributed by atoms with Crippen molar-refractivity contribution in [1.29, 1.82) is 0 Å². The fraction of sp³-hybridized carbons (Fsp3) is 0.0833. The second-order valence-electron chi connectivity index (χ2n) is 2.35. The summed E-state index contributed by atoms with van der Waals surface area (Å²) >= 11 is 0. The van der Waals surface area contributed by atoms with Gasteiger partial charge in [0.1, 0.15) is 0 Å². The van der Waals surface area contributed by atoms with Crippen molar-refractivity contribution in [3.63, 3.8) is 0 Å². The second kappa shape index (κ2) is 9.37. The van der Waals surface area contributed by atoms with E-state index in [-0.39, 0.29) is 21.7 Å². The van der Waals surface area contributed by atoms with E-state index in [1.54, 1.807) is 0 Å². The van der Waals surface area contributed by atoms with E-state index in [1.807, 2.05) is 54.6 Å². The van der Waals surface area contributed by atoms with Gasteiger partial charge in [-0.3, -0.25) is 6.08 Å². The quantitative estimate of drug-likeness (QED) is 0.449. The average molecular weight is 204 g/mol. The van der Waals surface area contributed by atoms with Crippen LogP contribution in [0.2, 0.25) is 0 Å². The normalized spacial score (nSPS) is 12.3. The zero-order chi connectivity index (χ0) is 8.49. The molecule has 0 nitrogen and oxygen atoms in total. The van der Waals surface area contributed by atoms with E-state index >= 15 is 0 Å². The fourth-order valence-electron chi connectivity index (χ4n) is 0.791. The maximum atomic E-state index is 3.05. The Hall–Kier alpha value is -0.716. The average Bonchev–Trinajstić information content (AvgIpc) is 2.54. The first kappa shape index (κ1) is 12.3. The molecule has 1 aliphatic rings. The van der Waals surface area contributed by atoms with Gasteiger partial charge in [0.05, 0.1) is 0 Å². The van der Waals surface area contributed by atoms with Gasteiger partial charge in [0.2, 0.25) is 0 Å². The third-order valence-electron chi connectivity index (χ3n) is 1.36. The summed E-state index contributed by atoms with van der Waals surface area (Å²) in [6.45, 7) is 0. The molecule has 0 unspecified atom stereocenters. The van der Waals surface area contributed by atoms with Crippen LogP contribution in [0.4, 0.5) is 0 Å². The van der Waals surface area contributed by atoms with Crippen LogP contribution in [0.15, 0.2) is 60.7 Å². The van der Waals surface area contributed by atoms with Crippen molar-refractivity contribution in [1.82, 2.24) is 0 Å². The Labute approximate surface area is 94.9 Å². The predicted octanol–water partition coefficient (Wildman–Crippen LogP) is 3.26. The van der Waals surface area contributed by atoms with E-state index in [1.165, 1.54) is 0 Å². The molecule has 0 heterocycles. The smallest absolute Gasteiger partial charge is 0.271 e. The molecule has 64 valence electrons. The Balaban J connectivity index is 0.000000215. The molecule has 0 aromatic heterocycles. The van der Waals surface area contributed by atoms with E-state index in [0.29, 0.717) is 0 Å². The van der Waals surface area contributed by atoms with Gasteiger partial charge in [-0.1, -0.05) is 18.6 Å². The molecule has 2 rings (SSSR count). The first-order valence-corrected chi connectivity index (χ1v) is 4.05. The summed E-state index contributed by atoms with van der Waals surface area (Å²) in [6, 6.07) is 10.0. The molecule has 1 heteroatoms. The molecule has 0 aliphatic heterocycles. The largest absolute Gasteiger partial charge is 2.00 e. The van der Waals surface area contributed by atoms with Crippen LogP contribution in [0.1, 0.15) is 6.42 Å². The van der Waals surface area contributed by atoms with Gasteiger partial charge in [0.25, 0.3) is 0 Å². The third-order valence-corrected chi connectivity index (χ3v) is 1.36. The van der Waals surface area contributed by atoms with Gasteiger partial charge >= 0.3 is 21.7 Å². The SMILES string of the molecule is [C-]1=CC=CC=CC1.[Ti+2].c1cc[cH-]c1. The van der Waals surface area contributed by atoms with Gasteiger partial charge in [-0.25, -0.2) is 24.3 Å². The zero-order valence-corrected chi connectivity index (χ0v) is 9.04. The minimum Gasteiger partial charge on any atom is -0.271 e. The number of rotatable bonds is 0. The predicted molar refractivity (Wildman–Crippen MR) is 52.7 cm³/mol. The Morgan fingerprint density at radius 1 is 1.00 bits per heavy atom. The molecule has 0 atom stereocenters. The maximum absolute atomic E-state index is 3.05. The molecule has 13 heavy (non-hydrogen) atoms. The van der Waals surface area contributed by atoms with E-state index in [4.69, 9.17) is 0 Å². The molecule has 0 bridgehead atoms. The first-order valence-electron chi connectivity index (χ1n) is 4.05. The number of hydrogen-bond acceptors (Lipinski definition) is 0. The summed E-state index contributed by atoms with van der Waals surface area (Å²) in [5, 5.41) is 0. The molecule has 1 aromatic carbocycles.